The number of hydrogen-bond donors (Lipinski definition) is 1. The van der Waals surface area contributed by atoms with E-state index in [0.29, 0.717) is 38.4 Å². The molecule has 0 bridgehead atoms. The summed E-state index contributed by atoms with van der Waals surface area (Å²) >= 11 is 0. The molecule has 2 aliphatic rings. The van der Waals surface area contributed by atoms with Crippen LogP contribution in [0.4, 0.5) is 4.39 Å². The first-order chi connectivity index (χ1) is 16.5. The number of halogens is 1. The quantitative estimate of drug-likeness (QED) is 0.597. The van der Waals surface area contributed by atoms with Crippen molar-refractivity contribution >= 4 is 16.8 Å². The standard InChI is InChI=1S/C28H34FN3O2/c29-24-5-2-21(3-6-24)7-13-30-14-9-25(10-15-30)32-18-8-23-4-1-22(19-27(23)32)20-28(34)31-16-11-26(33)12-17-31/h1-6,8,18-19,25-26,33H,7,9-17,20H2. The molecule has 1 N–H and O–H groups in total. The van der Waals surface area contributed by atoms with E-state index >= 15 is 0 Å². The van der Waals surface area contributed by atoms with Gasteiger partial charge in [0.25, 0.3) is 0 Å². The van der Waals surface area contributed by atoms with Crippen LogP contribution in [0.15, 0.2) is 54.7 Å². The van der Waals surface area contributed by atoms with Crippen LogP contribution in [0, 0.1) is 5.82 Å². The molecule has 34 heavy (non-hydrogen) atoms. The van der Waals surface area contributed by atoms with E-state index in [2.05, 4.69) is 39.9 Å². The number of nitrogens with zero attached hydrogens (tertiary/aromatic N) is 3. The smallest absolute Gasteiger partial charge is 0.226 e. The van der Waals surface area contributed by atoms with Crippen LogP contribution in [-0.2, 0) is 17.6 Å². The van der Waals surface area contributed by atoms with Crippen molar-refractivity contribution in [2.24, 2.45) is 0 Å². The van der Waals surface area contributed by atoms with E-state index in [9.17, 15) is 14.3 Å². The minimum atomic E-state index is -0.266. The van der Waals surface area contributed by atoms with Gasteiger partial charge in [0.2, 0.25) is 5.91 Å². The van der Waals surface area contributed by atoms with Gasteiger partial charge in [-0.1, -0.05) is 24.3 Å². The highest BCUT2D eigenvalue weighted by Gasteiger charge is 2.23. The summed E-state index contributed by atoms with van der Waals surface area (Å²) in [6.07, 6.45) is 6.86. The normalized spacial score (nSPS) is 18.6. The van der Waals surface area contributed by atoms with Gasteiger partial charge in [0.1, 0.15) is 5.82 Å². The number of likely N-dealkylation sites (tertiary alicyclic amines) is 2. The molecule has 3 aromatic rings. The molecule has 0 unspecified atom stereocenters. The lowest BCUT2D eigenvalue weighted by atomic mass is 10.0. The summed E-state index contributed by atoms with van der Waals surface area (Å²) in [5.74, 6) is -0.0267. The van der Waals surface area contributed by atoms with Crippen LogP contribution in [0.25, 0.3) is 10.9 Å². The van der Waals surface area contributed by atoms with Crippen LogP contribution in [0.1, 0.15) is 42.9 Å². The van der Waals surface area contributed by atoms with Gasteiger partial charge in [-0.25, -0.2) is 4.39 Å². The fraction of sp³-hybridized carbons (Fsp3) is 0.464. The minimum Gasteiger partial charge on any atom is -0.393 e. The number of benzene rings is 2. The second kappa shape index (κ2) is 10.3. The lowest BCUT2D eigenvalue weighted by Gasteiger charge is -2.33. The maximum Gasteiger partial charge on any atom is 0.226 e. The zero-order chi connectivity index (χ0) is 23.5. The molecule has 3 heterocycles. The first-order valence-electron chi connectivity index (χ1n) is 12.6. The number of fused-ring (bicyclic) bond motifs is 1. The number of carbonyl (C=O) groups excluding carboxylic acids is 1. The van der Waals surface area contributed by atoms with E-state index < -0.39 is 0 Å². The summed E-state index contributed by atoms with van der Waals surface area (Å²) in [6, 6.07) is 15.9. The largest absolute Gasteiger partial charge is 0.393 e. The number of amides is 1. The number of aromatic nitrogens is 1. The molecule has 2 fully saturated rings. The highest BCUT2D eigenvalue weighted by molar-refractivity contribution is 5.84. The van der Waals surface area contributed by atoms with Crippen molar-refractivity contribution in [1.29, 1.82) is 0 Å². The van der Waals surface area contributed by atoms with E-state index in [1.54, 1.807) is 0 Å². The molecule has 5 rings (SSSR count). The van der Waals surface area contributed by atoms with Gasteiger partial charge in [-0.3, -0.25) is 4.79 Å². The summed E-state index contributed by atoms with van der Waals surface area (Å²) in [4.78, 5) is 17.2. The van der Waals surface area contributed by atoms with Crippen LogP contribution in [-0.4, -0.2) is 64.2 Å². The first kappa shape index (κ1) is 23.1. The van der Waals surface area contributed by atoms with Gasteiger partial charge in [0.15, 0.2) is 0 Å². The van der Waals surface area contributed by atoms with Crippen molar-refractivity contribution in [3.05, 3.63) is 71.7 Å². The van der Waals surface area contributed by atoms with Gasteiger partial charge in [-0.15, -0.1) is 0 Å². The molecule has 6 heteroatoms. The Morgan fingerprint density at radius 3 is 2.35 bits per heavy atom. The Kier molecular flexibility index (Phi) is 6.97. The zero-order valence-corrected chi connectivity index (χ0v) is 19.7. The summed E-state index contributed by atoms with van der Waals surface area (Å²) in [6.45, 7) is 4.43. The Morgan fingerprint density at radius 2 is 1.62 bits per heavy atom. The maximum atomic E-state index is 13.1. The molecule has 0 spiro atoms. The summed E-state index contributed by atoms with van der Waals surface area (Å²) in [7, 11) is 0. The molecule has 5 nitrogen and oxygen atoms in total. The molecule has 0 radical (unpaired) electrons. The topological polar surface area (TPSA) is 48.7 Å². The lowest BCUT2D eigenvalue weighted by Crippen LogP contribution is -2.40. The average molecular weight is 464 g/mol. The Hall–Kier alpha value is -2.70. The van der Waals surface area contributed by atoms with Crippen LogP contribution in [0.2, 0.25) is 0 Å². The fourth-order valence-corrected chi connectivity index (χ4v) is 5.38. The van der Waals surface area contributed by atoms with Crippen LogP contribution >= 0.6 is 0 Å². The number of rotatable bonds is 6. The number of aliphatic hydroxyl groups excluding tert-OH is 1. The third kappa shape index (κ3) is 5.34. The van der Waals surface area contributed by atoms with Crippen molar-refractivity contribution in [2.75, 3.05) is 32.7 Å². The SMILES string of the molecule is O=C(Cc1ccc2ccn(C3CCN(CCc4ccc(F)cc4)CC3)c2c1)N1CCC(O)CC1. The summed E-state index contributed by atoms with van der Waals surface area (Å²) in [5.41, 5.74) is 3.45. The van der Waals surface area contributed by atoms with Crippen LogP contribution in [0.3, 0.4) is 0 Å². The Balaban J connectivity index is 1.19. The zero-order valence-electron chi connectivity index (χ0n) is 19.7. The van der Waals surface area contributed by atoms with Gasteiger partial charge in [0.05, 0.1) is 12.5 Å². The van der Waals surface area contributed by atoms with Crippen molar-refractivity contribution in [2.45, 2.75) is 50.7 Å². The molecule has 2 saturated heterocycles. The van der Waals surface area contributed by atoms with Crippen molar-refractivity contribution < 1.29 is 14.3 Å². The van der Waals surface area contributed by atoms with Crippen LogP contribution in [0.5, 0.6) is 0 Å². The van der Waals surface area contributed by atoms with E-state index in [1.165, 1.54) is 28.6 Å². The van der Waals surface area contributed by atoms with Crippen LogP contribution < -0.4 is 0 Å². The highest BCUT2D eigenvalue weighted by Crippen LogP contribution is 2.29. The summed E-state index contributed by atoms with van der Waals surface area (Å²) in [5, 5.41) is 10.9. The van der Waals surface area contributed by atoms with Crippen molar-refractivity contribution in [3.8, 4) is 0 Å². The van der Waals surface area contributed by atoms with E-state index in [0.717, 1.165) is 44.5 Å². The molecule has 2 aliphatic heterocycles. The number of carbonyl (C=O) groups is 1. The number of aliphatic hydroxyl groups is 1. The van der Waals surface area contributed by atoms with Gasteiger partial charge >= 0.3 is 0 Å². The fourth-order valence-electron chi connectivity index (χ4n) is 5.38. The van der Waals surface area contributed by atoms with E-state index in [1.807, 2.05) is 17.0 Å². The minimum absolute atomic E-state index is 0.152. The van der Waals surface area contributed by atoms with E-state index in [-0.39, 0.29) is 17.8 Å². The predicted octanol–water partition coefficient (Wildman–Crippen LogP) is 4.19. The third-order valence-electron chi connectivity index (χ3n) is 7.54. The molecule has 0 aliphatic carbocycles. The monoisotopic (exact) mass is 463 g/mol. The van der Waals surface area contributed by atoms with Crippen molar-refractivity contribution in [3.63, 3.8) is 0 Å². The molecular formula is C28H34FN3O2. The molecular weight excluding hydrogens is 429 g/mol. The second-order valence-electron chi connectivity index (χ2n) is 9.85. The molecule has 1 aromatic heterocycles. The molecule has 2 aromatic carbocycles. The molecule has 180 valence electrons. The average Bonchev–Trinajstić information content (AvgIpc) is 3.28. The number of piperidine rings is 2. The Morgan fingerprint density at radius 1 is 0.912 bits per heavy atom. The Bertz CT molecular complexity index is 1110. The molecule has 0 atom stereocenters. The summed E-state index contributed by atoms with van der Waals surface area (Å²) < 4.78 is 15.5. The second-order valence-corrected chi connectivity index (χ2v) is 9.85. The number of hydrogen-bond acceptors (Lipinski definition) is 3. The van der Waals surface area contributed by atoms with Crippen molar-refractivity contribution in [1.82, 2.24) is 14.4 Å². The maximum absolute atomic E-state index is 13.1. The van der Waals surface area contributed by atoms with Gasteiger partial charge < -0.3 is 19.5 Å². The first-order valence-corrected chi connectivity index (χ1v) is 12.6. The predicted molar refractivity (Wildman–Crippen MR) is 132 cm³/mol. The third-order valence-corrected chi connectivity index (χ3v) is 7.54. The van der Waals surface area contributed by atoms with Gasteiger partial charge in [-0.05, 0) is 72.9 Å². The lowest BCUT2D eigenvalue weighted by molar-refractivity contribution is -0.132. The highest BCUT2D eigenvalue weighted by atomic mass is 19.1. The van der Waals surface area contributed by atoms with E-state index in [4.69, 9.17) is 0 Å². The van der Waals surface area contributed by atoms with Gasteiger partial charge in [0, 0.05) is 50.5 Å². The van der Waals surface area contributed by atoms with Gasteiger partial charge in [-0.2, -0.15) is 0 Å². The molecule has 0 saturated carbocycles. The molecule has 1 amide bonds. The Labute approximate surface area is 200 Å².